The molecule has 0 aliphatic heterocycles. The summed E-state index contributed by atoms with van der Waals surface area (Å²) in [4.78, 5) is 16.6. The highest BCUT2D eigenvalue weighted by Gasteiger charge is 2.11. The molecule has 136 valence electrons. The van der Waals surface area contributed by atoms with Gasteiger partial charge in [0.2, 0.25) is 0 Å². The Morgan fingerprint density at radius 3 is 2.82 bits per heavy atom. The van der Waals surface area contributed by atoms with Crippen LogP contribution < -0.4 is 5.32 Å². The van der Waals surface area contributed by atoms with Gasteiger partial charge < -0.3 is 9.73 Å². The minimum atomic E-state index is -0.290. The average molecular weight is 370 g/mol. The van der Waals surface area contributed by atoms with Crippen LogP contribution in [0.5, 0.6) is 0 Å². The monoisotopic (exact) mass is 370 g/mol. The first kappa shape index (κ1) is 16.1. The number of carbonyl (C=O) groups excluding carboxylic acids is 1. The van der Waals surface area contributed by atoms with E-state index in [1.807, 2.05) is 31.4 Å². The van der Waals surface area contributed by atoms with E-state index in [0.717, 1.165) is 22.0 Å². The van der Waals surface area contributed by atoms with Gasteiger partial charge in [-0.05, 0) is 42.0 Å². The van der Waals surface area contributed by atoms with E-state index in [1.54, 1.807) is 35.1 Å². The molecule has 28 heavy (non-hydrogen) atoms. The van der Waals surface area contributed by atoms with E-state index >= 15 is 0 Å². The van der Waals surface area contributed by atoms with Gasteiger partial charge in [0.25, 0.3) is 5.91 Å². The van der Waals surface area contributed by atoms with E-state index < -0.39 is 0 Å². The fourth-order valence-electron chi connectivity index (χ4n) is 3.04. The number of carbonyl (C=O) groups is 1. The van der Waals surface area contributed by atoms with Crippen LogP contribution in [0.1, 0.15) is 10.4 Å². The maximum absolute atomic E-state index is 12.6. The fourth-order valence-corrected chi connectivity index (χ4v) is 3.04. The number of anilines is 1. The summed E-state index contributed by atoms with van der Waals surface area (Å²) in [6.45, 7) is 0. The zero-order valence-corrected chi connectivity index (χ0v) is 14.8. The highest BCUT2D eigenvalue weighted by molar-refractivity contribution is 6.05. The Morgan fingerprint density at radius 2 is 1.96 bits per heavy atom. The van der Waals surface area contributed by atoms with E-state index in [9.17, 15) is 4.79 Å². The lowest BCUT2D eigenvalue weighted by Gasteiger charge is -2.06. The summed E-state index contributed by atoms with van der Waals surface area (Å²) in [5, 5.41) is 16.2. The van der Waals surface area contributed by atoms with Crippen LogP contribution in [0.4, 0.5) is 5.82 Å². The number of aryl methyl sites for hydroxylation is 1. The van der Waals surface area contributed by atoms with Gasteiger partial charge in [-0.1, -0.05) is 6.07 Å². The molecule has 2 aromatic carbocycles. The smallest absolute Gasteiger partial charge is 0.256 e. The summed E-state index contributed by atoms with van der Waals surface area (Å²) >= 11 is 0. The summed E-state index contributed by atoms with van der Waals surface area (Å²) in [7, 11) is 1.88. The van der Waals surface area contributed by atoms with Gasteiger partial charge in [0.1, 0.15) is 5.52 Å². The highest BCUT2D eigenvalue weighted by atomic mass is 16.3. The largest absolute Gasteiger partial charge is 0.443 e. The summed E-state index contributed by atoms with van der Waals surface area (Å²) in [5.41, 5.74) is 4.49. The van der Waals surface area contributed by atoms with Crippen molar-refractivity contribution in [2.45, 2.75) is 0 Å². The lowest BCUT2D eigenvalue weighted by atomic mass is 10.1. The topological polar surface area (TPSA) is 98.7 Å². The van der Waals surface area contributed by atoms with Crippen molar-refractivity contribution in [3.8, 4) is 11.1 Å². The Morgan fingerprint density at radius 1 is 1.04 bits per heavy atom. The molecule has 0 atom stereocenters. The number of fused-ring (bicyclic) bond motifs is 2. The molecule has 0 bridgehead atoms. The molecule has 0 spiro atoms. The molecule has 1 N–H and O–H groups in total. The Balaban J connectivity index is 1.45. The van der Waals surface area contributed by atoms with Crippen LogP contribution in [-0.2, 0) is 7.05 Å². The minimum Gasteiger partial charge on any atom is -0.443 e. The molecular formula is C20H14N6O2. The first-order valence-electron chi connectivity index (χ1n) is 8.57. The van der Waals surface area contributed by atoms with Crippen molar-refractivity contribution < 1.29 is 9.21 Å². The number of hydrogen-bond acceptors (Lipinski definition) is 6. The molecule has 0 radical (unpaired) electrons. The highest BCUT2D eigenvalue weighted by Crippen LogP contribution is 2.24. The lowest BCUT2D eigenvalue weighted by molar-refractivity contribution is 0.102. The number of oxazole rings is 1. The third kappa shape index (κ3) is 2.86. The van der Waals surface area contributed by atoms with Gasteiger partial charge >= 0.3 is 0 Å². The van der Waals surface area contributed by atoms with Gasteiger partial charge in [0.15, 0.2) is 17.8 Å². The zero-order chi connectivity index (χ0) is 19.1. The second kappa shape index (κ2) is 6.27. The number of aromatic nitrogens is 5. The maximum Gasteiger partial charge on any atom is 0.256 e. The molecular weight excluding hydrogens is 356 g/mol. The molecule has 0 aliphatic carbocycles. The SMILES string of the molecule is Cn1cc(-c2ccc3nnc(NC(=O)c4ccc5ocnc5c4)cc3c2)cn1. The van der Waals surface area contributed by atoms with Crippen LogP contribution in [0, 0.1) is 0 Å². The molecule has 0 saturated carbocycles. The number of nitrogens with zero attached hydrogens (tertiary/aromatic N) is 5. The molecule has 3 heterocycles. The van der Waals surface area contributed by atoms with Crippen molar-refractivity contribution in [3.63, 3.8) is 0 Å². The van der Waals surface area contributed by atoms with Crippen molar-refractivity contribution in [2.75, 3.05) is 5.32 Å². The first-order chi connectivity index (χ1) is 13.7. The van der Waals surface area contributed by atoms with Crippen LogP contribution in [0.3, 0.4) is 0 Å². The Hall–Kier alpha value is -4.07. The average Bonchev–Trinajstić information content (AvgIpc) is 3.35. The maximum atomic E-state index is 12.6. The molecule has 0 aliphatic rings. The van der Waals surface area contributed by atoms with Gasteiger partial charge in [-0.25, -0.2) is 4.98 Å². The molecule has 5 aromatic rings. The number of rotatable bonds is 3. The molecule has 0 unspecified atom stereocenters. The van der Waals surface area contributed by atoms with E-state index in [4.69, 9.17) is 4.42 Å². The van der Waals surface area contributed by atoms with Gasteiger partial charge in [-0.3, -0.25) is 9.48 Å². The van der Waals surface area contributed by atoms with E-state index in [1.165, 1.54) is 6.39 Å². The first-order valence-corrected chi connectivity index (χ1v) is 8.57. The minimum absolute atomic E-state index is 0.290. The Kier molecular flexibility index (Phi) is 3.61. The Bertz CT molecular complexity index is 1340. The quantitative estimate of drug-likeness (QED) is 0.522. The summed E-state index contributed by atoms with van der Waals surface area (Å²) in [5.74, 6) is 0.0862. The predicted molar refractivity (Wildman–Crippen MR) is 104 cm³/mol. The molecule has 5 rings (SSSR count). The van der Waals surface area contributed by atoms with Crippen molar-refractivity contribution in [2.24, 2.45) is 7.05 Å². The second-order valence-electron chi connectivity index (χ2n) is 6.39. The standard InChI is InChI=1S/C20H14N6O2/c1-26-10-15(9-22-26)12-2-4-16-14(6-12)8-19(25-24-16)23-20(27)13-3-5-18-17(7-13)21-11-28-18/h2-11H,1H3,(H,23,25,27). The van der Waals surface area contributed by atoms with E-state index in [2.05, 4.69) is 25.6 Å². The summed E-state index contributed by atoms with van der Waals surface area (Å²) in [6, 6.07) is 12.7. The van der Waals surface area contributed by atoms with Crippen LogP contribution >= 0.6 is 0 Å². The lowest BCUT2D eigenvalue weighted by Crippen LogP contribution is -2.13. The molecule has 0 saturated heterocycles. The van der Waals surface area contributed by atoms with Crippen LogP contribution in [0.2, 0.25) is 0 Å². The predicted octanol–water partition coefficient (Wildman–Crippen LogP) is 3.42. The molecule has 8 heteroatoms. The summed E-state index contributed by atoms with van der Waals surface area (Å²) in [6.07, 6.45) is 5.10. The third-order valence-electron chi connectivity index (χ3n) is 4.46. The van der Waals surface area contributed by atoms with Gasteiger partial charge in [0, 0.05) is 29.8 Å². The van der Waals surface area contributed by atoms with Crippen LogP contribution in [0.15, 0.2) is 65.7 Å². The van der Waals surface area contributed by atoms with Gasteiger partial charge in [-0.2, -0.15) is 5.10 Å². The van der Waals surface area contributed by atoms with E-state index in [-0.39, 0.29) is 5.91 Å². The number of benzene rings is 2. The van der Waals surface area contributed by atoms with Crippen LogP contribution in [-0.4, -0.2) is 30.9 Å². The van der Waals surface area contributed by atoms with Crippen molar-refractivity contribution in [1.29, 1.82) is 0 Å². The van der Waals surface area contributed by atoms with E-state index in [0.29, 0.717) is 22.5 Å². The van der Waals surface area contributed by atoms with Gasteiger partial charge in [-0.15, -0.1) is 10.2 Å². The van der Waals surface area contributed by atoms with Crippen molar-refractivity contribution in [3.05, 3.63) is 66.8 Å². The molecule has 1 amide bonds. The normalized spacial score (nSPS) is 11.2. The second-order valence-corrected chi connectivity index (χ2v) is 6.39. The Labute approximate surface area is 158 Å². The summed E-state index contributed by atoms with van der Waals surface area (Å²) < 4.78 is 6.95. The molecule has 0 fully saturated rings. The van der Waals surface area contributed by atoms with Crippen molar-refractivity contribution >= 4 is 33.7 Å². The fraction of sp³-hybridized carbons (Fsp3) is 0.0500. The third-order valence-corrected chi connectivity index (χ3v) is 4.46. The number of hydrogen-bond donors (Lipinski definition) is 1. The molecule has 3 aromatic heterocycles. The van der Waals surface area contributed by atoms with Crippen molar-refractivity contribution in [1.82, 2.24) is 25.0 Å². The molecule has 8 nitrogen and oxygen atoms in total. The number of amides is 1. The zero-order valence-electron chi connectivity index (χ0n) is 14.8. The van der Waals surface area contributed by atoms with Gasteiger partial charge in [0.05, 0.1) is 11.7 Å². The van der Waals surface area contributed by atoms with Crippen LogP contribution in [0.25, 0.3) is 33.1 Å². The number of nitrogens with one attached hydrogen (secondary N) is 1.